The minimum absolute atomic E-state index is 0.00470. The van der Waals surface area contributed by atoms with Gasteiger partial charge in [-0.2, -0.15) is 9.97 Å². The van der Waals surface area contributed by atoms with Gasteiger partial charge in [-0.05, 0) is 75.6 Å². The van der Waals surface area contributed by atoms with Crippen molar-refractivity contribution in [2.75, 3.05) is 44.4 Å². The number of hydrogen-bond acceptors (Lipinski definition) is 9. The maximum absolute atomic E-state index is 16.8. The van der Waals surface area contributed by atoms with E-state index in [1.54, 1.807) is 6.92 Å². The Hall–Kier alpha value is -3.74. The van der Waals surface area contributed by atoms with Crippen LogP contribution in [0.15, 0.2) is 30.5 Å². The second kappa shape index (κ2) is 11.5. The third kappa shape index (κ3) is 5.44. The average Bonchev–Trinajstić information content (AvgIpc) is 3.83. The molecule has 2 N–H and O–H groups in total. The van der Waals surface area contributed by atoms with Crippen LogP contribution in [-0.2, 0) is 4.74 Å². The SMILES string of the molecule is CC1(O)COCCN(c2nc(OCC34CCCC3N(C3CC3)CCC4)nc3c(F)c(-c4cc(O)cc5ccc(F)c(F)c45)ncc23)C1. The molecule has 47 heavy (non-hydrogen) atoms. The molecule has 12 heteroatoms. The largest absolute Gasteiger partial charge is 0.508 e. The lowest BCUT2D eigenvalue weighted by atomic mass is 9.75. The highest BCUT2D eigenvalue weighted by Crippen LogP contribution is 2.51. The van der Waals surface area contributed by atoms with Gasteiger partial charge in [-0.25, -0.2) is 13.2 Å². The van der Waals surface area contributed by atoms with Crippen LogP contribution in [0.25, 0.3) is 32.9 Å². The molecular weight excluding hydrogens is 611 g/mol. The number of aromatic hydroxyl groups is 1. The summed E-state index contributed by atoms with van der Waals surface area (Å²) in [4.78, 5) is 18.2. The summed E-state index contributed by atoms with van der Waals surface area (Å²) in [6.45, 7) is 4.14. The standard InChI is InChI=1S/C35H38F3N5O4/c1-34(45)17-42(12-13-46-18-34)32-24-16-39-30(23-15-22(44)14-20-5-8-25(36)28(37)27(20)23)29(38)31(24)40-33(41-32)47-19-35-9-2-4-26(35)43(11-3-10-35)21-6-7-21/h5,8,14-16,21,26,44-45H,2-4,6-7,9-13,17-19H2,1H3. The number of phenolic OH excluding ortho intramolecular Hbond substituents is 1. The minimum Gasteiger partial charge on any atom is -0.508 e. The lowest BCUT2D eigenvalue weighted by Gasteiger charge is -2.46. The molecule has 3 unspecified atom stereocenters. The fraction of sp³-hybridized carbons (Fsp3) is 0.514. The Morgan fingerprint density at radius 2 is 1.87 bits per heavy atom. The number of fused-ring (bicyclic) bond motifs is 3. The van der Waals surface area contributed by atoms with Gasteiger partial charge < -0.3 is 24.6 Å². The molecule has 4 fully saturated rings. The Morgan fingerprint density at radius 3 is 2.70 bits per heavy atom. The number of aliphatic hydroxyl groups is 1. The van der Waals surface area contributed by atoms with Gasteiger partial charge in [0.15, 0.2) is 17.5 Å². The van der Waals surface area contributed by atoms with E-state index in [1.807, 2.05) is 4.90 Å². The van der Waals surface area contributed by atoms with Crippen LogP contribution in [0.2, 0.25) is 0 Å². The molecule has 4 aliphatic rings. The molecule has 2 aromatic carbocycles. The first-order valence-corrected chi connectivity index (χ1v) is 16.5. The molecule has 4 heterocycles. The topological polar surface area (TPSA) is 104 Å². The van der Waals surface area contributed by atoms with Gasteiger partial charge in [-0.3, -0.25) is 9.88 Å². The molecule has 0 spiro atoms. The first-order chi connectivity index (χ1) is 22.6. The normalized spacial score (nSPS) is 26.9. The van der Waals surface area contributed by atoms with E-state index in [-0.39, 0.29) is 63.3 Å². The van der Waals surface area contributed by atoms with Gasteiger partial charge in [0.1, 0.15) is 28.4 Å². The summed E-state index contributed by atoms with van der Waals surface area (Å²) in [5.41, 5.74) is -1.76. The van der Waals surface area contributed by atoms with Crippen LogP contribution >= 0.6 is 0 Å². The molecule has 0 amide bonds. The van der Waals surface area contributed by atoms with E-state index >= 15 is 8.78 Å². The summed E-state index contributed by atoms with van der Waals surface area (Å²) in [6.07, 6.45) is 9.32. The zero-order chi connectivity index (χ0) is 32.5. The number of benzene rings is 2. The molecule has 2 saturated carbocycles. The van der Waals surface area contributed by atoms with Crippen molar-refractivity contribution in [1.82, 2.24) is 19.9 Å². The molecule has 2 saturated heterocycles. The predicted octanol–water partition coefficient (Wildman–Crippen LogP) is 5.73. The van der Waals surface area contributed by atoms with Gasteiger partial charge in [-0.1, -0.05) is 12.5 Å². The van der Waals surface area contributed by atoms with Crippen molar-refractivity contribution in [1.29, 1.82) is 0 Å². The Labute approximate surface area is 270 Å². The molecule has 4 aromatic rings. The quantitative estimate of drug-likeness (QED) is 0.271. The van der Waals surface area contributed by atoms with Crippen molar-refractivity contribution < 1.29 is 32.9 Å². The number of β-amino-alcohol motifs (C(OH)–C–C–N with tert-alkyl or cyclic N) is 1. The number of pyridine rings is 1. The van der Waals surface area contributed by atoms with E-state index in [9.17, 15) is 14.6 Å². The molecule has 8 rings (SSSR count). The highest BCUT2D eigenvalue weighted by atomic mass is 19.2. The van der Waals surface area contributed by atoms with Crippen LogP contribution < -0.4 is 9.64 Å². The number of hydrogen-bond donors (Lipinski definition) is 2. The van der Waals surface area contributed by atoms with Crippen molar-refractivity contribution in [3.05, 3.63) is 47.9 Å². The number of ether oxygens (including phenoxy) is 2. The van der Waals surface area contributed by atoms with Gasteiger partial charge in [0.2, 0.25) is 0 Å². The number of aromatic nitrogens is 3. The molecule has 248 valence electrons. The van der Waals surface area contributed by atoms with Crippen LogP contribution in [-0.4, -0.2) is 87.2 Å². The van der Waals surface area contributed by atoms with Gasteiger partial charge in [-0.15, -0.1) is 0 Å². The average molecular weight is 650 g/mol. The lowest BCUT2D eigenvalue weighted by Crippen LogP contribution is -2.52. The Balaban J connectivity index is 1.25. The van der Waals surface area contributed by atoms with Crippen LogP contribution in [0.5, 0.6) is 11.8 Å². The fourth-order valence-electron chi connectivity index (χ4n) is 8.26. The van der Waals surface area contributed by atoms with Crippen LogP contribution in [0.1, 0.15) is 51.9 Å². The molecule has 2 aliphatic heterocycles. The summed E-state index contributed by atoms with van der Waals surface area (Å²) < 4.78 is 58.4. The second-order valence-electron chi connectivity index (χ2n) is 14.1. The van der Waals surface area contributed by atoms with Crippen molar-refractivity contribution in [2.45, 2.75) is 69.6 Å². The first kappa shape index (κ1) is 30.6. The van der Waals surface area contributed by atoms with E-state index in [1.165, 1.54) is 37.2 Å². The maximum Gasteiger partial charge on any atom is 0.319 e. The molecule has 2 aromatic heterocycles. The van der Waals surface area contributed by atoms with Gasteiger partial charge >= 0.3 is 6.01 Å². The number of nitrogens with zero attached hydrogens (tertiary/aromatic N) is 5. The summed E-state index contributed by atoms with van der Waals surface area (Å²) in [5.74, 6) is -3.09. The Kier molecular flexibility index (Phi) is 7.45. The van der Waals surface area contributed by atoms with E-state index in [0.29, 0.717) is 37.7 Å². The molecule has 3 atom stereocenters. The lowest BCUT2D eigenvalue weighted by molar-refractivity contribution is -0.0123. The third-order valence-corrected chi connectivity index (χ3v) is 10.5. The van der Waals surface area contributed by atoms with E-state index in [4.69, 9.17) is 14.5 Å². The van der Waals surface area contributed by atoms with E-state index < -0.39 is 23.1 Å². The maximum atomic E-state index is 16.8. The molecular formula is C35H38F3N5O4. The highest BCUT2D eigenvalue weighted by molar-refractivity contribution is 6.00. The zero-order valence-corrected chi connectivity index (χ0v) is 26.3. The van der Waals surface area contributed by atoms with Crippen molar-refractivity contribution in [3.8, 4) is 23.0 Å². The molecule has 0 radical (unpaired) electrons. The van der Waals surface area contributed by atoms with Gasteiger partial charge in [0.05, 0.1) is 31.8 Å². The van der Waals surface area contributed by atoms with Crippen molar-refractivity contribution in [2.24, 2.45) is 5.41 Å². The molecule has 2 aliphatic carbocycles. The third-order valence-electron chi connectivity index (χ3n) is 10.5. The Morgan fingerprint density at radius 1 is 1.04 bits per heavy atom. The monoisotopic (exact) mass is 649 g/mol. The molecule has 0 bridgehead atoms. The molecule has 9 nitrogen and oxygen atoms in total. The van der Waals surface area contributed by atoms with E-state index in [0.717, 1.165) is 44.7 Å². The first-order valence-electron chi connectivity index (χ1n) is 16.5. The minimum atomic E-state index is -1.20. The fourth-order valence-corrected chi connectivity index (χ4v) is 8.26. The summed E-state index contributed by atoms with van der Waals surface area (Å²) in [6, 6.07) is 5.81. The number of likely N-dealkylation sites (tertiary alicyclic amines) is 1. The smallest absolute Gasteiger partial charge is 0.319 e. The summed E-state index contributed by atoms with van der Waals surface area (Å²) in [5, 5.41) is 21.7. The number of phenols is 1. The Bertz CT molecular complexity index is 1870. The second-order valence-corrected chi connectivity index (χ2v) is 14.1. The predicted molar refractivity (Wildman–Crippen MR) is 170 cm³/mol. The van der Waals surface area contributed by atoms with Gasteiger partial charge in [0.25, 0.3) is 0 Å². The zero-order valence-electron chi connectivity index (χ0n) is 26.3. The van der Waals surface area contributed by atoms with Crippen molar-refractivity contribution in [3.63, 3.8) is 0 Å². The summed E-state index contributed by atoms with van der Waals surface area (Å²) >= 11 is 0. The summed E-state index contributed by atoms with van der Waals surface area (Å²) in [7, 11) is 0. The number of halogens is 3. The van der Waals surface area contributed by atoms with Crippen LogP contribution in [0.3, 0.4) is 0 Å². The van der Waals surface area contributed by atoms with Crippen molar-refractivity contribution >= 4 is 27.5 Å². The number of rotatable bonds is 6. The van der Waals surface area contributed by atoms with Crippen LogP contribution in [0.4, 0.5) is 19.0 Å². The number of anilines is 1. The number of piperidine rings is 1. The highest BCUT2D eigenvalue weighted by Gasteiger charge is 2.51. The van der Waals surface area contributed by atoms with E-state index in [2.05, 4.69) is 14.9 Å². The van der Waals surface area contributed by atoms with Crippen LogP contribution in [0, 0.1) is 22.9 Å². The van der Waals surface area contributed by atoms with Gasteiger partial charge in [0, 0.05) is 41.2 Å².